The van der Waals surface area contributed by atoms with Crippen molar-refractivity contribution in [3.8, 4) is 0 Å². The summed E-state index contributed by atoms with van der Waals surface area (Å²) in [5.74, 6) is 2.61. The monoisotopic (exact) mass is 330 g/mol. The highest BCUT2D eigenvalue weighted by atomic mass is 32.2. The molecule has 0 saturated carbocycles. The molecule has 3 unspecified atom stereocenters. The summed E-state index contributed by atoms with van der Waals surface area (Å²) < 4.78 is 0. The Balaban J connectivity index is 2.04. The Kier molecular flexibility index (Phi) is 7.22. The SMILES string of the molecule is CCCNC(Cc1csc(C)n1)C1SCCSC1CC. The summed E-state index contributed by atoms with van der Waals surface area (Å²) in [6, 6.07) is 0.569. The average Bonchev–Trinajstić information content (AvgIpc) is 2.88. The van der Waals surface area contributed by atoms with Crippen LogP contribution in [0, 0.1) is 6.92 Å². The summed E-state index contributed by atoms with van der Waals surface area (Å²) in [5.41, 5.74) is 1.27. The van der Waals surface area contributed by atoms with E-state index in [4.69, 9.17) is 0 Å². The molecule has 5 heteroatoms. The summed E-state index contributed by atoms with van der Waals surface area (Å²) in [4.78, 5) is 4.67. The summed E-state index contributed by atoms with van der Waals surface area (Å²) >= 11 is 6.12. The van der Waals surface area contributed by atoms with E-state index in [-0.39, 0.29) is 0 Å². The molecular weight excluding hydrogens is 304 g/mol. The zero-order valence-electron chi connectivity index (χ0n) is 12.7. The van der Waals surface area contributed by atoms with Crippen molar-refractivity contribution in [3.05, 3.63) is 16.1 Å². The van der Waals surface area contributed by atoms with Crippen molar-refractivity contribution in [2.45, 2.75) is 56.6 Å². The Morgan fingerprint density at radius 2 is 2.15 bits per heavy atom. The smallest absolute Gasteiger partial charge is 0.0897 e. The van der Waals surface area contributed by atoms with Gasteiger partial charge in [0.05, 0.1) is 10.7 Å². The van der Waals surface area contributed by atoms with Gasteiger partial charge in [0.1, 0.15) is 0 Å². The van der Waals surface area contributed by atoms with Gasteiger partial charge >= 0.3 is 0 Å². The quantitative estimate of drug-likeness (QED) is 0.817. The fraction of sp³-hybridized carbons (Fsp3) is 0.800. The lowest BCUT2D eigenvalue weighted by Crippen LogP contribution is -2.46. The third-order valence-corrected chi connectivity index (χ3v) is 7.87. The third-order valence-electron chi connectivity index (χ3n) is 3.64. The van der Waals surface area contributed by atoms with E-state index in [1.807, 2.05) is 0 Å². The molecular formula is C15H26N2S3. The predicted molar refractivity (Wildman–Crippen MR) is 95.4 cm³/mol. The molecule has 3 atom stereocenters. The van der Waals surface area contributed by atoms with E-state index in [2.05, 4.69) is 60.0 Å². The van der Waals surface area contributed by atoms with Crippen molar-refractivity contribution in [2.75, 3.05) is 18.1 Å². The summed E-state index contributed by atoms with van der Waals surface area (Å²) in [6.07, 6.45) is 3.57. The van der Waals surface area contributed by atoms with Gasteiger partial charge in [-0.25, -0.2) is 4.98 Å². The van der Waals surface area contributed by atoms with Gasteiger partial charge in [-0.2, -0.15) is 23.5 Å². The van der Waals surface area contributed by atoms with Gasteiger partial charge in [0.25, 0.3) is 0 Å². The van der Waals surface area contributed by atoms with Crippen molar-refractivity contribution in [1.29, 1.82) is 0 Å². The number of hydrogen-bond donors (Lipinski definition) is 1. The zero-order valence-corrected chi connectivity index (χ0v) is 15.2. The van der Waals surface area contributed by atoms with E-state index in [1.54, 1.807) is 11.3 Å². The molecule has 1 aromatic heterocycles. The van der Waals surface area contributed by atoms with Crippen LogP contribution >= 0.6 is 34.9 Å². The molecule has 1 fully saturated rings. The van der Waals surface area contributed by atoms with Crippen LogP contribution in [0.4, 0.5) is 0 Å². The maximum atomic E-state index is 4.67. The number of aromatic nitrogens is 1. The molecule has 0 amide bonds. The summed E-state index contributed by atoms with van der Waals surface area (Å²) in [7, 11) is 0. The number of nitrogens with one attached hydrogen (secondary N) is 1. The minimum atomic E-state index is 0.569. The molecule has 0 bridgehead atoms. The third kappa shape index (κ3) is 4.65. The maximum Gasteiger partial charge on any atom is 0.0897 e. The molecule has 1 aliphatic rings. The Labute approximate surface area is 135 Å². The predicted octanol–water partition coefficient (Wildman–Crippen LogP) is 3.99. The van der Waals surface area contributed by atoms with Gasteiger partial charge in [0.15, 0.2) is 0 Å². The van der Waals surface area contributed by atoms with Crippen LogP contribution in [-0.4, -0.2) is 39.6 Å². The van der Waals surface area contributed by atoms with E-state index in [0.717, 1.165) is 23.5 Å². The summed E-state index contributed by atoms with van der Waals surface area (Å²) in [6.45, 7) is 7.80. The lowest BCUT2D eigenvalue weighted by Gasteiger charge is -2.36. The second kappa shape index (κ2) is 8.66. The van der Waals surface area contributed by atoms with Crippen molar-refractivity contribution in [1.82, 2.24) is 10.3 Å². The highest BCUT2D eigenvalue weighted by Crippen LogP contribution is 2.36. The van der Waals surface area contributed by atoms with Gasteiger partial charge in [-0.3, -0.25) is 0 Å². The second-order valence-corrected chi connectivity index (χ2v) is 8.97. The molecule has 1 N–H and O–H groups in total. The molecule has 114 valence electrons. The molecule has 2 rings (SSSR count). The zero-order chi connectivity index (χ0) is 14.4. The van der Waals surface area contributed by atoms with E-state index in [0.29, 0.717) is 6.04 Å². The highest BCUT2D eigenvalue weighted by molar-refractivity contribution is 8.07. The van der Waals surface area contributed by atoms with Crippen LogP contribution < -0.4 is 5.32 Å². The number of rotatable bonds is 7. The lowest BCUT2D eigenvalue weighted by atomic mass is 10.0. The number of hydrogen-bond acceptors (Lipinski definition) is 5. The van der Waals surface area contributed by atoms with Crippen LogP contribution in [0.2, 0.25) is 0 Å². The Morgan fingerprint density at radius 1 is 1.35 bits per heavy atom. The molecule has 0 spiro atoms. The molecule has 1 saturated heterocycles. The largest absolute Gasteiger partial charge is 0.312 e. The van der Waals surface area contributed by atoms with Gasteiger partial charge in [-0.05, 0) is 26.3 Å². The van der Waals surface area contributed by atoms with E-state index >= 15 is 0 Å². The molecule has 0 radical (unpaired) electrons. The number of thioether (sulfide) groups is 2. The number of thiazole rings is 1. The van der Waals surface area contributed by atoms with Gasteiger partial charge in [0, 0.05) is 39.8 Å². The first-order chi connectivity index (χ1) is 9.74. The topological polar surface area (TPSA) is 24.9 Å². The molecule has 0 aromatic carbocycles. The standard InChI is InChI=1S/C15H26N2S3/c1-4-6-16-13(9-12-10-20-11(3)17-12)15-14(5-2)18-7-8-19-15/h10,13-16H,4-9H2,1-3H3. The molecule has 2 heterocycles. The maximum absolute atomic E-state index is 4.67. The van der Waals surface area contributed by atoms with Crippen molar-refractivity contribution < 1.29 is 0 Å². The second-order valence-electron chi connectivity index (χ2n) is 5.28. The Bertz CT molecular complexity index is 394. The van der Waals surface area contributed by atoms with E-state index < -0.39 is 0 Å². The molecule has 2 nitrogen and oxygen atoms in total. The van der Waals surface area contributed by atoms with Crippen LogP contribution in [0.1, 0.15) is 37.4 Å². The normalized spacial score (nSPS) is 24.8. The molecule has 0 aliphatic carbocycles. The number of aryl methyl sites for hydroxylation is 1. The molecule has 1 aliphatic heterocycles. The fourth-order valence-electron chi connectivity index (χ4n) is 2.67. The minimum absolute atomic E-state index is 0.569. The van der Waals surface area contributed by atoms with E-state index in [1.165, 1.54) is 35.0 Å². The average molecular weight is 331 g/mol. The van der Waals surface area contributed by atoms with Crippen LogP contribution in [0.15, 0.2) is 5.38 Å². The van der Waals surface area contributed by atoms with Crippen LogP contribution in [0.5, 0.6) is 0 Å². The van der Waals surface area contributed by atoms with Gasteiger partial charge in [0.2, 0.25) is 0 Å². The van der Waals surface area contributed by atoms with Gasteiger partial charge in [-0.1, -0.05) is 13.8 Å². The van der Waals surface area contributed by atoms with Crippen molar-refractivity contribution in [3.63, 3.8) is 0 Å². The van der Waals surface area contributed by atoms with Gasteiger partial charge < -0.3 is 5.32 Å². The first-order valence-corrected chi connectivity index (χ1v) is 10.6. The fourth-order valence-corrected chi connectivity index (χ4v) is 6.56. The first-order valence-electron chi connectivity index (χ1n) is 7.62. The minimum Gasteiger partial charge on any atom is -0.312 e. The Hall–Kier alpha value is 0.290. The number of nitrogens with zero attached hydrogens (tertiary/aromatic N) is 1. The van der Waals surface area contributed by atoms with Crippen molar-refractivity contribution in [2.24, 2.45) is 0 Å². The summed E-state index contributed by atoms with van der Waals surface area (Å²) in [5, 5.41) is 8.74. The molecule has 20 heavy (non-hydrogen) atoms. The van der Waals surface area contributed by atoms with Crippen molar-refractivity contribution >= 4 is 34.9 Å². The van der Waals surface area contributed by atoms with Gasteiger partial charge in [-0.15, -0.1) is 11.3 Å². The first kappa shape index (κ1) is 16.7. The van der Waals surface area contributed by atoms with Crippen LogP contribution in [0.3, 0.4) is 0 Å². The Morgan fingerprint density at radius 3 is 2.80 bits per heavy atom. The van der Waals surface area contributed by atoms with Crippen LogP contribution in [0.25, 0.3) is 0 Å². The molecule has 1 aromatic rings. The highest BCUT2D eigenvalue weighted by Gasteiger charge is 2.32. The van der Waals surface area contributed by atoms with E-state index in [9.17, 15) is 0 Å². The lowest BCUT2D eigenvalue weighted by molar-refractivity contribution is 0.474. The van der Waals surface area contributed by atoms with Crippen LogP contribution in [-0.2, 0) is 6.42 Å².